The fourth-order valence-electron chi connectivity index (χ4n) is 1.82. The van der Waals surface area contributed by atoms with Crippen molar-refractivity contribution in [3.63, 3.8) is 0 Å². The van der Waals surface area contributed by atoms with Crippen LogP contribution in [0.3, 0.4) is 0 Å². The first-order valence-corrected chi connectivity index (χ1v) is 7.79. The van der Waals surface area contributed by atoms with Gasteiger partial charge in [-0.05, 0) is 43.3 Å². The summed E-state index contributed by atoms with van der Waals surface area (Å²) in [4.78, 5) is 3.79. The van der Waals surface area contributed by atoms with Crippen molar-refractivity contribution in [1.29, 1.82) is 0 Å². The van der Waals surface area contributed by atoms with E-state index >= 15 is 0 Å². The minimum Gasteiger partial charge on any atom is -0.260 e. The van der Waals surface area contributed by atoms with E-state index in [9.17, 15) is 21.6 Å². The number of alkyl halides is 3. The Bertz CT molecular complexity index is 729. The molecule has 1 aromatic heterocycles. The summed E-state index contributed by atoms with van der Waals surface area (Å²) in [5.41, 5.74) is -0.387. The van der Waals surface area contributed by atoms with Crippen LogP contribution in [0.1, 0.15) is 24.2 Å². The first kappa shape index (κ1) is 16.4. The lowest BCUT2D eigenvalue weighted by Gasteiger charge is -2.14. The molecule has 1 N–H and O–H groups in total. The fraction of sp³-hybridized carbons (Fsp3) is 0.214. The fourth-order valence-corrected chi connectivity index (χ4v) is 3.03. The van der Waals surface area contributed by atoms with Gasteiger partial charge in [0.25, 0.3) is 0 Å². The monoisotopic (exact) mass is 330 g/mol. The van der Waals surface area contributed by atoms with Gasteiger partial charge in [0.15, 0.2) is 0 Å². The third kappa shape index (κ3) is 3.83. The van der Waals surface area contributed by atoms with Gasteiger partial charge in [-0.3, -0.25) is 4.98 Å². The van der Waals surface area contributed by atoms with Gasteiger partial charge >= 0.3 is 6.18 Å². The van der Waals surface area contributed by atoms with E-state index in [1.54, 1.807) is 25.1 Å². The largest absolute Gasteiger partial charge is 0.416 e. The van der Waals surface area contributed by atoms with Crippen LogP contribution in [0.5, 0.6) is 0 Å². The number of aromatic nitrogens is 1. The van der Waals surface area contributed by atoms with E-state index in [1.807, 2.05) is 0 Å². The standard InChI is InChI=1S/C14H13F3N2O2S/c1-10(13-4-2-3-9-18-13)19-22(20,21)12-7-5-11(6-8-12)14(15,16)17/h2-10,19H,1H3. The second-order valence-corrected chi connectivity index (χ2v) is 6.33. The highest BCUT2D eigenvalue weighted by molar-refractivity contribution is 7.89. The number of hydrogen-bond acceptors (Lipinski definition) is 3. The molecule has 1 heterocycles. The van der Waals surface area contributed by atoms with Crippen molar-refractivity contribution in [1.82, 2.24) is 9.71 Å². The first-order chi connectivity index (χ1) is 10.2. The van der Waals surface area contributed by atoms with E-state index in [4.69, 9.17) is 0 Å². The molecule has 118 valence electrons. The molecule has 2 aromatic rings. The molecule has 0 fully saturated rings. The van der Waals surface area contributed by atoms with Gasteiger partial charge in [0.2, 0.25) is 10.0 Å². The van der Waals surface area contributed by atoms with Gasteiger partial charge in [-0.15, -0.1) is 0 Å². The number of sulfonamides is 1. The molecule has 1 aromatic carbocycles. The topological polar surface area (TPSA) is 59.1 Å². The molecule has 0 spiro atoms. The molecule has 0 amide bonds. The molecule has 2 rings (SSSR count). The molecule has 22 heavy (non-hydrogen) atoms. The lowest BCUT2D eigenvalue weighted by molar-refractivity contribution is -0.137. The molecular weight excluding hydrogens is 317 g/mol. The van der Waals surface area contributed by atoms with Crippen LogP contribution in [0.2, 0.25) is 0 Å². The minimum atomic E-state index is -4.50. The van der Waals surface area contributed by atoms with Crippen LogP contribution >= 0.6 is 0 Å². The molecule has 0 bridgehead atoms. The SMILES string of the molecule is CC(NS(=O)(=O)c1ccc(C(F)(F)F)cc1)c1ccccn1. The molecule has 0 aliphatic rings. The quantitative estimate of drug-likeness (QED) is 0.937. The van der Waals surface area contributed by atoms with Crippen LogP contribution < -0.4 is 4.72 Å². The van der Waals surface area contributed by atoms with Crippen molar-refractivity contribution < 1.29 is 21.6 Å². The molecule has 1 atom stereocenters. The molecule has 8 heteroatoms. The highest BCUT2D eigenvalue weighted by atomic mass is 32.2. The van der Waals surface area contributed by atoms with Gasteiger partial charge in [0, 0.05) is 6.20 Å². The minimum absolute atomic E-state index is 0.233. The molecule has 0 radical (unpaired) electrons. The molecule has 0 aliphatic carbocycles. The van der Waals surface area contributed by atoms with Crippen molar-refractivity contribution in [2.24, 2.45) is 0 Å². The number of rotatable bonds is 4. The molecular formula is C14H13F3N2O2S. The van der Waals surface area contributed by atoms with Gasteiger partial charge in [-0.25, -0.2) is 13.1 Å². The van der Waals surface area contributed by atoms with Crippen LogP contribution in [-0.2, 0) is 16.2 Å². The van der Waals surface area contributed by atoms with E-state index in [0.29, 0.717) is 5.69 Å². The third-order valence-electron chi connectivity index (χ3n) is 2.96. The Kier molecular flexibility index (Phi) is 4.52. The average molecular weight is 330 g/mol. The van der Waals surface area contributed by atoms with Gasteiger partial charge in [-0.1, -0.05) is 6.07 Å². The number of halogens is 3. The Morgan fingerprint density at radius 2 is 1.73 bits per heavy atom. The summed E-state index contributed by atoms with van der Waals surface area (Å²) in [5.74, 6) is 0. The lowest BCUT2D eigenvalue weighted by atomic mass is 10.2. The van der Waals surface area contributed by atoms with Crippen LogP contribution in [0.25, 0.3) is 0 Å². The summed E-state index contributed by atoms with van der Waals surface area (Å²) in [6.45, 7) is 1.60. The van der Waals surface area contributed by atoms with Gasteiger partial charge in [0.05, 0.1) is 22.2 Å². The number of hydrogen-bond donors (Lipinski definition) is 1. The van der Waals surface area contributed by atoms with Gasteiger partial charge in [0.1, 0.15) is 0 Å². The smallest absolute Gasteiger partial charge is 0.260 e. The Labute approximate surface area is 126 Å². The Balaban J connectivity index is 2.20. The van der Waals surface area contributed by atoms with Crippen molar-refractivity contribution in [3.8, 4) is 0 Å². The summed E-state index contributed by atoms with van der Waals surface area (Å²) >= 11 is 0. The zero-order valence-electron chi connectivity index (χ0n) is 11.5. The average Bonchev–Trinajstić information content (AvgIpc) is 2.47. The Morgan fingerprint density at radius 3 is 2.23 bits per heavy atom. The second kappa shape index (κ2) is 6.05. The highest BCUT2D eigenvalue weighted by Gasteiger charge is 2.30. The normalized spacial score (nSPS) is 13.8. The van der Waals surface area contributed by atoms with Crippen molar-refractivity contribution in [2.45, 2.75) is 24.0 Å². The molecule has 4 nitrogen and oxygen atoms in total. The number of nitrogens with one attached hydrogen (secondary N) is 1. The summed E-state index contributed by atoms with van der Waals surface area (Å²) in [7, 11) is -3.93. The maximum atomic E-state index is 12.5. The molecule has 0 saturated carbocycles. The third-order valence-corrected chi connectivity index (χ3v) is 4.51. The lowest BCUT2D eigenvalue weighted by Crippen LogP contribution is -2.27. The summed E-state index contributed by atoms with van der Waals surface area (Å²) in [6.07, 6.45) is -2.98. The van der Waals surface area contributed by atoms with E-state index < -0.39 is 27.8 Å². The van der Waals surface area contributed by atoms with E-state index in [0.717, 1.165) is 24.3 Å². The van der Waals surface area contributed by atoms with Crippen LogP contribution in [-0.4, -0.2) is 13.4 Å². The maximum Gasteiger partial charge on any atom is 0.416 e. The Morgan fingerprint density at radius 1 is 1.09 bits per heavy atom. The van der Waals surface area contributed by atoms with Crippen molar-refractivity contribution in [3.05, 3.63) is 59.9 Å². The number of benzene rings is 1. The highest BCUT2D eigenvalue weighted by Crippen LogP contribution is 2.29. The molecule has 0 saturated heterocycles. The van der Waals surface area contributed by atoms with Gasteiger partial charge in [-0.2, -0.15) is 13.2 Å². The summed E-state index contributed by atoms with van der Waals surface area (Å²) < 4.78 is 64.1. The zero-order valence-corrected chi connectivity index (χ0v) is 12.3. The number of pyridine rings is 1. The van der Waals surface area contributed by atoms with Crippen LogP contribution in [0, 0.1) is 0 Å². The molecule has 0 aliphatic heterocycles. The van der Waals surface area contributed by atoms with E-state index in [2.05, 4.69) is 9.71 Å². The molecule has 1 unspecified atom stereocenters. The second-order valence-electron chi connectivity index (χ2n) is 4.62. The predicted octanol–water partition coefficient (Wildman–Crippen LogP) is 3.14. The Hall–Kier alpha value is -1.93. The van der Waals surface area contributed by atoms with Gasteiger partial charge < -0.3 is 0 Å². The van der Waals surface area contributed by atoms with E-state index in [-0.39, 0.29) is 4.90 Å². The van der Waals surface area contributed by atoms with Crippen molar-refractivity contribution in [2.75, 3.05) is 0 Å². The maximum absolute atomic E-state index is 12.5. The zero-order chi connectivity index (χ0) is 16.4. The van der Waals surface area contributed by atoms with E-state index in [1.165, 1.54) is 6.20 Å². The first-order valence-electron chi connectivity index (χ1n) is 6.31. The van der Waals surface area contributed by atoms with Crippen LogP contribution in [0.15, 0.2) is 53.6 Å². The predicted molar refractivity (Wildman–Crippen MR) is 74.4 cm³/mol. The summed E-state index contributed by atoms with van der Waals surface area (Å²) in [6, 6.07) is 7.78. The van der Waals surface area contributed by atoms with Crippen molar-refractivity contribution >= 4 is 10.0 Å². The summed E-state index contributed by atoms with van der Waals surface area (Å²) in [5, 5.41) is 0. The number of nitrogens with zero attached hydrogens (tertiary/aromatic N) is 1. The van der Waals surface area contributed by atoms with Crippen LogP contribution in [0.4, 0.5) is 13.2 Å².